The van der Waals surface area contributed by atoms with Crippen molar-refractivity contribution in [1.29, 1.82) is 0 Å². The maximum absolute atomic E-state index is 9.28. The zero-order valence-corrected chi connectivity index (χ0v) is 19.9. The van der Waals surface area contributed by atoms with Gasteiger partial charge in [-0.15, -0.1) is 0 Å². The van der Waals surface area contributed by atoms with Crippen LogP contribution in [-0.4, -0.2) is 47.9 Å². The number of aliphatic carboxylic acids is 4. The Morgan fingerprint density at radius 3 is 0.914 bits per heavy atom. The number of benzene rings is 2. The third kappa shape index (κ3) is 35.5. The average molecular weight is 548 g/mol. The van der Waals surface area contributed by atoms with Crippen molar-refractivity contribution < 1.29 is 79.1 Å². The molecule has 1 radical (unpaired) electrons. The van der Waals surface area contributed by atoms with Gasteiger partial charge in [0.1, 0.15) is 0 Å². The fourth-order valence-corrected chi connectivity index (χ4v) is 1.93. The molecule has 0 aliphatic heterocycles. The van der Waals surface area contributed by atoms with E-state index < -0.39 is 36.7 Å². The summed E-state index contributed by atoms with van der Waals surface area (Å²) in [5.41, 5.74) is 10.3. The number of hydrogen-bond donors (Lipinski definition) is 2. The van der Waals surface area contributed by atoms with Gasteiger partial charge in [0.15, 0.2) is 0 Å². The van der Waals surface area contributed by atoms with E-state index in [-0.39, 0.29) is 28.0 Å². The summed E-state index contributed by atoms with van der Waals surface area (Å²) in [4.78, 5) is 37.1. The Labute approximate surface area is 213 Å². The second-order valence-electron chi connectivity index (χ2n) is 6.02. The average Bonchev–Trinajstić information content (AvgIpc) is 2.69. The van der Waals surface area contributed by atoms with Crippen LogP contribution < -0.4 is 31.9 Å². The van der Waals surface area contributed by atoms with Gasteiger partial charge in [-0.25, -0.2) is 0 Å². The summed E-state index contributed by atoms with van der Waals surface area (Å²) in [6.07, 6.45) is 0.141. The molecule has 13 heteroatoms. The van der Waals surface area contributed by atoms with Crippen LogP contribution in [0, 0.1) is 0 Å². The maximum atomic E-state index is 9.28. The molecule has 10 N–H and O–H groups in total. The van der Waals surface area contributed by atoms with Crippen molar-refractivity contribution in [3.05, 3.63) is 71.8 Å². The van der Waals surface area contributed by atoms with E-state index in [0.29, 0.717) is 0 Å². The molecule has 2 aromatic rings. The van der Waals surface area contributed by atoms with Crippen LogP contribution in [-0.2, 0) is 49.1 Å². The fraction of sp³-hybridized carbons (Fsp3) is 0.273. The third-order valence-corrected chi connectivity index (χ3v) is 3.19. The van der Waals surface area contributed by atoms with Crippen molar-refractivity contribution in [2.75, 3.05) is 13.1 Å². The standard InChI is InChI=1S/2C8H11N.2C3H4O4.Cu.2H2O/c2*9-7-6-8-4-2-1-3-5-8;2*4-2(5)1-3(6)7;;;/h2*1-5H,6-7,9H2;2*1H2,(H,4,5)(H,6,7);;2*1H2/q;;;;+2;;/p-2. The van der Waals surface area contributed by atoms with E-state index in [2.05, 4.69) is 60.0 Å². The van der Waals surface area contributed by atoms with Crippen molar-refractivity contribution in [2.45, 2.75) is 25.7 Å². The molecule has 0 aromatic heterocycles. The van der Waals surface area contributed by atoms with E-state index in [9.17, 15) is 39.6 Å². The van der Waals surface area contributed by atoms with Crippen LogP contribution in [0.25, 0.3) is 0 Å². The van der Waals surface area contributed by atoms with E-state index in [4.69, 9.17) is 0 Å². The van der Waals surface area contributed by atoms with Gasteiger partial charge in [-0.05, 0) is 11.1 Å². The van der Waals surface area contributed by atoms with E-state index in [0.717, 1.165) is 25.9 Å². The molecule has 0 aliphatic carbocycles. The normalized spacial score (nSPS) is 8.06. The molecule has 0 unspecified atom stereocenters. The van der Waals surface area contributed by atoms with Crippen LogP contribution in [0.4, 0.5) is 0 Å². The van der Waals surface area contributed by atoms with E-state index in [1.54, 1.807) is 0 Å². The van der Waals surface area contributed by atoms with Gasteiger partial charge in [-0.3, -0.25) is 0 Å². The van der Waals surface area contributed by atoms with Crippen molar-refractivity contribution in [3.8, 4) is 0 Å². The van der Waals surface area contributed by atoms with Gasteiger partial charge in [-0.2, -0.15) is 0 Å². The summed E-state index contributed by atoms with van der Waals surface area (Å²) in [5, 5.41) is 37.1. The summed E-state index contributed by atoms with van der Waals surface area (Å²) >= 11 is 0. The summed E-state index contributed by atoms with van der Waals surface area (Å²) in [5.74, 6) is -6.50. The molecule has 12 nitrogen and oxygen atoms in total. The van der Waals surface area contributed by atoms with Gasteiger partial charge in [0.2, 0.25) is 0 Å². The van der Waals surface area contributed by atoms with Crippen LogP contribution in [0.2, 0.25) is 0 Å². The Bertz CT molecular complexity index is 702. The molecule has 0 saturated carbocycles. The molecule has 0 fully saturated rings. The number of carbonyl (C=O) groups excluding carboxylic acids is 4. The van der Waals surface area contributed by atoms with Crippen LogP contribution in [0.1, 0.15) is 24.0 Å². The minimum Gasteiger partial charge on any atom is -0.550 e. The van der Waals surface area contributed by atoms with Gasteiger partial charge < -0.3 is 62.0 Å². The Morgan fingerprint density at radius 1 is 0.543 bits per heavy atom. The molecule has 201 valence electrons. The molecule has 35 heavy (non-hydrogen) atoms. The summed E-state index contributed by atoms with van der Waals surface area (Å²) in [6, 6.07) is 20.8. The molecule has 0 amide bonds. The number of quaternary nitrogens is 2. The van der Waals surface area contributed by atoms with Gasteiger partial charge in [-0.1, -0.05) is 60.7 Å². The van der Waals surface area contributed by atoms with Crippen molar-refractivity contribution in [1.82, 2.24) is 0 Å². The number of carboxylic acids is 4. The summed E-state index contributed by atoms with van der Waals surface area (Å²) in [7, 11) is 0. The Hall–Kier alpha value is -3.32. The molecular weight excluding hydrogens is 516 g/mol. The zero-order valence-electron chi connectivity index (χ0n) is 19.0. The van der Waals surface area contributed by atoms with E-state index >= 15 is 0 Å². The molecule has 2 aromatic carbocycles. The molecule has 0 atom stereocenters. The second kappa shape index (κ2) is 28.7. The predicted molar refractivity (Wildman–Crippen MR) is 112 cm³/mol. The molecule has 0 saturated heterocycles. The molecule has 0 heterocycles. The van der Waals surface area contributed by atoms with Crippen molar-refractivity contribution in [3.63, 3.8) is 0 Å². The first kappa shape index (κ1) is 41.9. The minimum atomic E-state index is -1.63. The van der Waals surface area contributed by atoms with Gasteiger partial charge in [0.05, 0.1) is 13.1 Å². The zero-order chi connectivity index (χ0) is 24.8. The monoisotopic (exact) mass is 547 g/mol. The van der Waals surface area contributed by atoms with Gasteiger partial charge in [0.25, 0.3) is 0 Å². The van der Waals surface area contributed by atoms with Crippen LogP contribution >= 0.6 is 0 Å². The van der Waals surface area contributed by atoms with E-state index in [1.165, 1.54) is 11.1 Å². The molecular formula is C22H32CuN2O10. The first-order chi connectivity index (χ1) is 15.1. The van der Waals surface area contributed by atoms with Crippen LogP contribution in [0.15, 0.2) is 60.7 Å². The molecule has 0 bridgehead atoms. The summed E-state index contributed by atoms with van der Waals surface area (Å²) in [6.45, 7) is 1.98. The Morgan fingerprint density at radius 2 is 0.771 bits per heavy atom. The van der Waals surface area contributed by atoms with Gasteiger partial charge >= 0.3 is 17.1 Å². The topological polar surface area (TPSA) is 279 Å². The second-order valence-corrected chi connectivity index (χ2v) is 6.02. The smallest absolute Gasteiger partial charge is 0.550 e. The Kier molecular flexibility index (Phi) is 34.4. The third-order valence-electron chi connectivity index (χ3n) is 3.19. The molecule has 0 spiro atoms. The maximum Gasteiger partial charge on any atom is 2.00 e. The number of carbonyl (C=O) groups is 4. The van der Waals surface area contributed by atoms with Crippen molar-refractivity contribution >= 4 is 23.9 Å². The quantitative estimate of drug-likeness (QED) is 0.236. The number of rotatable bonds is 8. The van der Waals surface area contributed by atoms with Gasteiger partial charge in [0, 0.05) is 49.6 Å². The van der Waals surface area contributed by atoms with Crippen LogP contribution in [0.5, 0.6) is 0 Å². The molecule has 0 aliphatic rings. The fourth-order valence-electron chi connectivity index (χ4n) is 1.93. The van der Waals surface area contributed by atoms with Crippen molar-refractivity contribution in [2.24, 2.45) is 0 Å². The first-order valence-electron chi connectivity index (χ1n) is 9.58. The molecule has 2 rings (SSSR count). The van der Waals surface area contributed by atoms with Crippen LogP contribution in [0.3, 0.4) is 0 Å². The number of carboxylic acid groups (broad SMARTS) is 4. The summed E-state index contributed by atoms with van der Waals surface area (Å²) < 4.78 is 0. The Balaban J connectivity index is -0.000000112. The minimum absolute atomic E-state index is 0. The first-order valence-corrected chi connectivity index (χ1v) is 9.58. The van der Waals surface area contributed by atoms with E-state index in [1.807, 2.05) is 12.1 Å². The SMILES string of the molecule is O.O.O=C([O-])CC(=O)[O-].O=C([O-])CC(=O)[O-].[Cu+2].[NH3+]CCc1ccccc1.[NH3+]CCc1ccccc1. The predicted octanol–water partition coefficient (Wildman–Crippen LogP) is -6.96. The largest absolute Gasteiger partial charge is 2.00 e. The number of hydrogen-bond acceptors (Lipinski definition) is 8.